The van der Waals surface area contributed by atoms with E-state index in [4.69, 9.17) is 10.5 Å². The molecular formula is C14H22N2O. The molecule has 3 nitrogen and oxygen atoms in total. The summed E-state index contributed by atoms with van der Waals surface area (Å²) in [5.74, 6) is 1.97. The van der Waals surface area contributed by atoms with Gasteiger partial charge in [0.05, 0.1) is 6.61 Å². The largest absolute Gasteiger partial charge is 0.477 e. The van der Waals surface area contributed by atoms with E-state index in [1.54, 1.807) is 0 Å². The predicted octanol–water partition coefficient (Wildman–Crippen LogP) is 2.53. The zero-order valence-corrected chi connectivity index (χ0v) is 10.6. The minimum Gasteiger partial charge on any atom is -0.477 e. The van der Waals surface area contributed by atoms with E-state index in [1.165, 1.54) is 25.7 Å². The normalized spacial score (nSPS) is 24.6. The van der Waals surface area contributed by atoms with E-state index in [0.717, 1.165) is 24.6 Å². The van der Waals surface area contributed by atoms with Gasteiger partial charge in [0.15, 0.2) is 0 Å². The Hall–Kier alpha value is -1.09. The molecule has 0 spiro atoms. The summed E-state index contributed by atoms with van der Waals surface area (Å²) in [6.07, 6.45) is 6.98. The molecule has 0 amide bonds. The number of pyridine rings is 1. The van der Waals surface area contributed by atoms with Gasteiger partial charge in [-0.25, -0.2) is 4.98 Å². The molecule has 0 saturated heterocycles. The number of ether oxygens (including phenoxy) is 1. The van der Waals surface area contributed by atoms with Crippen molar-refractivity contribution < 1.29 is 4.74 Å². The van der Waals surface area contributed by atoms with Gasteiger partial charge in [-0.1, -0.05) is 18.9 Å². The van der Waals surface area contributed by atoms with Crippen LogP contribution in [0.5, 0.6) is 5.88 Å². The molecule has 0 aliphatic heterocycles. The van der Waals surface area contributed by atoms with Gasteiger partial charge in [-0.05, 0) is 43.7 Å². The molecule has 0 radical (unpaired) electrons. The Morgan fingerprint density at radius 3 is 2.71 bits per heavy atom. The molecule has 1 aliphatic carbocycles. The van der Waals surface area contributed by atoms with Crippen LogP contribution in [0.25, 0.3) is 0 Å². The molecule has 1 fully saturated rings. The lowest BCUT2D eigenvalue weighted by Crippen LogP contribution is -2.30. The number of rotatable bonds is 4. The van der Waals surface area contributed by atoms with E-state index in [9.17, 15) is 0 Å². The number of aryl methyl sites for hydroxylation is 1. The fraction of sp³-hybridized carbons (Fsp3) is 0.643. The van der Waals surface area contributed by atoms with E-state index in [-0.39, 0.29) is 0 Å². The average molecular weight is 234 g/mol. The summed E-state index contributed by atoms with van der Waals surface area (Å²) in [5, 5.41) is 0. The van der Waals surface area contributed by atoms with E-state index < -0.39 is 0 Å². The molecule has 17 heavy (non-hydrogen) atoms. The highest BCUT2D eigenvalue weighted by atomic mass is 16.5. The quantitative estimate of drug-likeness (QED) is 0.871. The molecule has 2 atom stereocenters. The van der Waals surface area contributed by atoms with Crippen molar-refractivity contribution in [3.63, 3.8) is 0 Å². The minimum absolute atomic E-state index is 0.608. The Bertz CT molecular complexity index is 337. The average Bonchev–Trinajstić information content (AvgIpc) is 2.38. The highest BCUT2D eigenvalue weighted by molar-refractivity contribution is 5.16. The van der Waals surface area contributed by atoms with Gasteiger partial charge >= 0.3 is 0 Å². The molecule has 2 unspecified atom stereocenters. The summed E-state index contributed by atoms with van der Waals surface area (Å²) in [6, 6.07) is 3.97. The lowest BCUT2D eigenvalue weighted by atomic mass is 9.80. The highest BCUT2D eigenvalue weighted by Gasteiger charge is 2.24. The fourth-order valence-electron chi connectivity index (χ4n) is 2.55. The van der Waals surface area contributed by atoms with Gasteiger partial charge in [0, 0.05) is 12.3 Å². The van der Waals surface area contributed by atoms with Gasteiger partial charge in [-0.2, -0.15) is 0 Å². The Morgan fingerprint density at radius 2 is 2.06 bits per heavy atom. The van der Waals surface area contributed by atoms with Crippen LogP contribution in [0.4, 0.5) is 0 Å². The second-order valence-corrected chi connectivity index (χ2v) is 5.03. The zero-order valence-electron chi connectivity index (χ0n) is 10.6. The van der Waals surface area contributed by atoms with E-state index in [2.05, 4.69) is 4.98 Å². The standard InChI is InChI=1S/C14H22N2O/c1-11-6-7-14(16-9-11)17-10-13-5-3-2-4-12(13)8-15/h6-7,9,12-13H,2-5,8,10,15H2,1H3. The molecular weight excluding hydrogens is 212 g/mol. The second-order valence-electron chi connectivity index (χ2n) is 5.03. The number of nitrogens with two attached hydrogens (primary N) is 1. The lowest BCUT2D eigenvalue weighted by Gasteiger charge is -2.30. The molecule has 1 aromatic heterocycles. The molecule has 2 N–H and O–H groups in total. The molecule has 1 aromatic rings. The van der Waals surface area contributed by atoms with Gasteiger partial charge in [0.1, 0.15) is 0 Å². The maximum absolute atomic E-state index is 5.81. The van der Waals surface area contributed by atoms with Crippen molar-refractivity contribution in [2.45, 2.75) is 32.6 Å². The first-order chi connectivity index (χ1) is 8.29. The first kappa shape index (κ1) is 12.4. The monoisotopic (exact) mass is 234 g/mol. The van der Waals surface area contributed by atoms with Gasteiger partial charge in [0.2, 0.25) is 5.88 Å². The second kappa shape index (κ2) is 6.01. The van der Waals surface area contributed by atoms with Crippen molar-refractivity contribution in [2.75, 3.05) is 13.2 Å². The maximum atomic E-state index is 5.81. The van der Waals surface area contributed by atoms with Crippen molar-refractivity contribution in [3.8, 4) is 5.88 Å². The molecule has 0 aromatic carbocycles. The van der Waals surface area contributed by atoms with Crippen LogP contribution in [-0.2, 0) is 0 Å². The van der Waals surface area contributed by atoms with Crippen LogP contribution in [0, 0.1) is 18.8 Å². The third-order valence-electron chi connectivity index (χ3n) is 3.70. The number of aromatic nitrogens is 1. The van der Waals surface area contributed by atoms with Crippen LogP contribution in [0.15, 0.2) is 18.3 Å². The summed E-state index contributed by atoms with van der Waals surface area (Å²) in [6.45, 7) is 3.58. The molecule has 2 rings (SSSR count). The topological polar surface area (TPSA) is 48.1 Å². The summed E-state index contributed by atoms with van der Waals surface area (Å²) >= 11 is 0. The predicted molar refractivity (Wildman–Crippen MR) is 69.0 cm³/mol. The number of nitrogens with zero attached hydrogens (tertiary/aromatic N) is 1. The van der Waals surface area contributed by atoms with E-state index in [0.29, 0.717) is 11.8 Å². The van der Waals surface area contributed by atoms with E-state index >= 15 is 0 Å². The molecule has 1 heterocycles. The number of hydrogen-bond acceptors (Lipinski definition) is 3. The molecule has 1 aliphatic rings. The summed E-state index contributed by atoms with van der Waals surface area (Å²) < 4.78 is 5.77. The molecule has 0 bridgehead atoms. The van der Waals surface area contributed by atoms with Crippen LogP contribution in [0.1, 0.15) is 31.2 Å². The fourth-order valence-corrected chi connectivity index (χ4v) is 2.55. The Labute approximate surface area is 103 Å². The number of hydrogen-bond donors (Lipinski definition) is 1. The highest BCUT2D eigenvalue weighted by Crippen LogP contribution is 2.29. The van der Waals surface area contributed by atoms with Crippen molar-refractivity contribution >= 4 is 0 Å². The zero-order chi connectivity index (χ0) is 12.1. The minimum atomic E-state index is 0.608. The Morgan fingerprint density at radius 1 is 1.29 bits per heavy atom. The van der Waals surface area contributed by atoms with E-state index in [1.807, 2.05) is 25.3 Å². The van der Waals surface area contributed by atoms with Gasteiger partial charge in [0.25, 0.3) is 0 Å². The third kappa shape index (κ3) is 3.43. The van der Waals surface area contributed by atoms with Crippen LogP contribution < -0.4 is 10.5 Å². The van der Waals surface area contributed by atoms with Gasteiger partial charge < -0.3 is 10.5 Å². The van der Waals surface area contributed by atoms with Crippen LogP contribution in [0.3, 0.4) is 0 Å². The Balaban J connectivity index is 1.86. The molecule has 94 valence electrons. The van der Waals surface area contributed by atoms with Crippen molar-refractivity contribution in [1.29, 1.82) is 0 Å². The third-order valence-corrected chi connectivity index (χ3v) is 3.70. The van der Waals surface area contributed by atoms with Crippen molar-refractivity contribution in [2.24, 2.45) is 17.6 Å². The first-order valence-corrected chi connectivity index (χ1v) is 6.55. The first-order valence-electron chi connectivity index (χ1n) is 6.55. The molecule has 3 heteroatoms. The van der Waals surface area contributed by atoms with Gasteiger partial charge in [-0.3, -0.25) is 0 Å². The lowest BCUT2D eigenvalue weighted by molar-refractivity contribution is 0.149. The SMILES string of the molecule is Cc1ccc(OCC2CCCCC2CN)nc1. The van der Waals surface area contributed by atoms with Crippen molar-refractivity contribution in [1.82, 2.24) is 4.98 Å². The Kier molecular flexibility index (Phi) is 4.37. The summed E-state index contributed by atoms with van der Waals surface area (Å²) in [5.41, 5.74) is 6.97. The van der Waals surface area contributed by atoms with Crippen LogP contribution in [-0.4, -0.2) is 18.1 Å². The smallest absolute Gasteiger partial charge is 0.213 e. The summed E-state index contributed by atoms with van der Waals surface area (Å²) in [7, 11) is 0. The summed E-state index contributed by atoms with van der Waals surface area (Å²) in [4.78, 5) is 4.26. The van der Waals surface area contributed by atoms with Crippen molar-refractivity contribution in [3.05, 3.63) is 23.9 Å². The van der Waals surface area contributed by atoms with Crippen LogP contribution in [0.2, 0.25) is 0 Å². The maximum Gasteiger partial charge on any atom is 0.213 e. The van der Waals surface area contributed by atoms with Gasteiger partial charge in [-0.15, -0.1) is 0 Å². The molecule has 1 saturated carbocycles. The van der Waals surface area contributed by atoms with Crippen LogP contribution >= 0.6 is 0 Å².